The summed E-state index contributed by atoms with van der Waals surface area (Å²) in [6, 6.07) is 13.2. The van der Waals surface area contributed by atoms with E-state index in [1.807, 2.05) is 0 Å². The Labute approximate surface area is 178 Å². The van der Waals surface area contributed by atoms with Gasteiger partial charge in [0.2, 0.25) is 10.0 Å². The average molecular weight is 441 g/mol. The van der Waals surface area contributed by atoms with Crippen molar-refractivity contribution >= 4 is 33.2 Å². The molecule has 0 N–H and O–H groups in total. The molecule has 0 saturated carbocycles. The second kappa shape index (κ2) is 8.33. The molecule has 0 amide bonds. The lowest BCUT2D eigenvalue weighted by atomic mass is 9.87. The monoisotopic (exact) mass is 440 g/mol. The zero-order chi connectivity index (χ0) is 20.5. The van der Waals surface area contributed by atoms with Crippen LogP contribution < -0.4 is 0 Å². The number of rotatable bonds is 4. The molecular weight excluding hydrogens is 415 g/mol. The lowest BCUT2D eigenvalue weighted by Gasteiger charge is -2.34. The topological polar surface area (TPSA) is 40.6 Å². The van der Waals surface area contributed by atoms with Gasteiger partial charge in [-0.2, -0.15) is 4.31 Å². The van der Waals surface area contributed by atoms with Gasteiger partial charge in [0.15, 0.2) is 0 Å². The van der Waals surface area contributed by atoms with Crippen molar-refractivity contribution in [3.63, 3.8) is 0 Å². The minimum absolute atomic E-state index is 0.116. The van der Waals surface area contributed by atoms with Gasteiger partial charge in [-0.25, -0.2) is 8.42 Å². The Bertz CT molecular complexity index is 930. The van der Waals surface area contributed by atoms with E-state index in [0.717, 1.165) is 6.54 Å². The maximum Gasteiger partial charge on any atom is 0.244 e. The Balaban J connectivity index is 1.62. The Kier molecular flexibility index (Phi) is 6.42. The van der Waals surface area contributed by atoms with Crippen molar-refractivity contribution in [1.82, 2.24) is 9.21 Å². The van der Waals surface area contributed by atoms with Crippen molar-refractivity contribution in [3.8, 4) is 0 Å². The summed E-state index contributed by atoms with van der Waals surface area (Å²) in [7, 11) is -3.61. The summed E-state index contributed by atoms with van der Waals surface area (Å²) in [5.74, 6) is 0. The molecule has 2 aromatic carbocycles. The highest BCUT2D eigenvalue weighted by molar-refractivity contribution is 7.89. The summed E-state index contributed by atoms with van der Waals surface area (Å²) in [4.78, 5) is 2.39. The molecule has 1 saturated heterocycles. The number of piperazine rings is 1. The van der Waals surface area contributed by atoms with Gasteiger partial charge in [0.1, 0.15) is 4.90 Å². The lowest BCUT2D eigenvalue weighted by molar-refractivity contribution is 0.181. The third-order valence-electron chi connectivity index (χ3n) is 5.07. The van der Waals surface area contributed by atoms with Gasteiger partial charge < -0.3 is 0 Å². The molecule has 152 valence electrons. The summed E-state index contributed by atoms with van der Waals surface area (Å²) in [5, 5.41) is 0.583. The molecule has 2 aromatic rings. The van der Waals surface area contributed by atoms with Gasteiger partial charge in [-0.1, -0.05) is 68.2 Å². The normalized spacial score (nSPS) is 17.0. The SMILES string of the molecule is CC(C)(C)c1ccc(CN2CCN(S(=O)(=O)c3ccc(Cl)cc3Cl)CC2)cc1. The molecule has 0 atom stereocenters. The van der Waals surface area contributed by atoms with Gasteiger partial charge in [-0.05, 0) is 34.7 Å². The molecule has 1 aliphatic rings. The molecular formula is C21H26Cl2N2O2S. The largest absolute Gasteiger partial charge is 0.296 e. The van der Waals surface area contributed by atoms with Crippen molar-refractivity contribution < 1.29 is 8.42 Å². The van der Waals surface area contributed by atoms with Gasteiger partial charge in [-0.15, -0.1) is 0 Å². The molecule has 3 rings (SSSR count). The van der Waals surface area contributed by atoms with Gasteiger partial charge in [0.25, 0.3) is 0 Å². The van der Waals surface area contributed by atoms with Crippen molar-refractivity contribution in [2.75, 3.05) is 26.2 Å². The molecule has 1 heterocycles. The van der Waals surface area contributed by atoms with Crippen molar-refractivity contribution in [1.29, 1.82) is 0 Å². The van der Waals surface area contributed by atoms with E-state index in [9.17, 15) is 8.42 Å². The van der Waals surface area contributed by atoms with Crippen LogP contribution in [0.1, 0.15) is 31.9 Å². The van der Waals surface area contributed by atoms with Gasteiger partial charge >= 0.3 is 0 Å². The van der Waals surface area contributed by atoms with Crippen LogP contribution in [0.3, 0.4) is 0 Å². The fraction of sp³-hybridized carbons (Fsp3) is 0.429. The first-order valence-electron chi connectivity index (χ1n) is 9.34. The maximum atomic E-state index is 12.9. The quantitative estimate of drug-likeness (QED) is 0.685. The molecule has 0 bridgehead atoms. The predicted molar refractivity (Wildman–Crippen MR) is 116 cm³/mol. The molecule has 0 aromatic heterocycles. The number of benzene rings is 2. The van der Waals surface area contributed by atoms with Crippen LogP contribution in [0.25, 0.3) is 0 Å². The van der Waals surface area contributed by atoms with E-state index in [1.165, 1.54) is 27.6 Å². The summed E-state index contributed by atoms with van der Waals surface area (Å²) in [6.45, 7) is 9.69. The number of hydrogen-bond acceptors (Lipinski definition) is 3. The van der Waals surface area contributed by atoms with E-state index >= 15 is 0 Å². The molecule has 0 radical (unpaired) electrons. The molecule has 7 heteroatoms. The number of sulfonamides is 1. The summed E-state index contributed by atoms with van der Waals surface area (Å²) in [5.41, 5.74) is 2.69. The van der Waals surface area contributed by atoms with Crippen molar-refractivity contribution in [2.24, 2.45) is 0 Å². The van der Waals surface area contributed by atoms with E-state index < -0.39 is 10.0 Å². The van der Waals surface area contributed by atoms with E-state index in [2.05, 4.69) is 49.9 Å². The standard InChI is InChI=1S/C21H26Cl2N2O2S/c1-21(2,3)17-6-4-16(5-7-17)15-24-10-12-25(13-11-24)28(26,27)20-9-8-18(22)14-19(20)23/h4-9,14H,10-13,15H2,1-3H3. The molecule has 0 unspecified atom stereocenters. The van der Waals surface area contributed by atoms with Crippen LogP contribution in [0, 0.1) is 0 Å². The van der Waals surface area contributed by atoms with Crippen LogP contribution in [-0.2, 0) is 22.0 Å². The van der Waals surface area contributed by atoms with Crippen LogP contribution in [0.4, 0.5) is 0 Å². The first kappa shape index (κ1) is 21.6. The molecule has 28 heavy (non-hydrogen) atoms. The number of hydrogen-bond donors (Lipinski definition) is 0. The fourth-order valence-corrected chi connectivity index (χ4v) is 5.49. The minimum atomic E-state index is -3.61. The molecule has 1 fully saturated rings. The van der Waals surface area contributed by atoms with Crippen LogP contribution in [0.2, 0.25) is 10.0 Å². The highest BCUT2D eigenvalue weighted by atomic mass is 35.5. The van der Waals surface area contributed by atoms with Crippen LogP contribution in [0.15, 0.2) is 47.4 Å². The van der Waals surface area contributed by atoms with E-state index in [4.69, 9.17) is 23.2 Å². The Morgan fingerprint density at radius 1 is 0.929 bits per heavy atom. The van der Waals surface area contributed by atoms with E-state index in [1.54, 1.807) is 6.07 Å². The van der Waals surface area contributed by atoms with E-state index in [0.29, 0.717) is 31.2 Å². The Morgan fingerprint density at radius 3 is 2.07 bits per heavy atom. The molecule has 0 aliphatic carbocycles. The Hall–Kier alpha value is -1.11. The number of nitrogens with zero attached hydrogens (tertiary/aromatic N) is 2. The van der Waals surface area contributed by atoms with Crippen molar-refractivity contribution in [3.05, 3.63) is 63.6 Å². The van der Waals surface area contributed by atoms with Crippen molar-refractivity contribution in [2.45, 2.75) is 37.6 Å². The second-order valence-electron chi connectivity index (χ2n) is 8.20. The third-order valence-corrected chi connectivity index (χ3v) is 7.69. The second-order valence-corrected chi connectivity index (χ2v) is 11.0. The van der Waals surface area contributed by atoms with Crippen LogP contribution in [0.5, 0.6) is 0 Å². The zero-order valence-electron chi connectivity index (χ0n) is 16.5. The Morgan fingerprint density at radius 2 is 1.54 bits per heavy atom. The maximum absolute atomic E-state index is 12.9. The van der Waals surface area contributed by atoms with Crippen LogP contribution in [-0.4, -0.2) is 43.8 Å². The number of halogens is 2. The van der Waals surface area contributed by atoms with E-state index in [-0.39, 0.29) is 15.3 Å². The molecule has 0 spiro atoms. The highest BCUT2D eigenvalue weighted by Crippen LogP contribution is 2.28. The molecule has 1 aliphatic heterocycles. The van der Waals surface area contributed by atoms with Gasteiger partial charge in [0.05, 0.1) is 5.02 Å². The van der Waals surface area contributed by atoms with Gasteiger partial charge in [0, 0.05) is 37.7 Å². The van der Waals surface area contributed by atoms with Gasteiger partial charge in [-0.3, -0.25) is 4.90 Å². The first-order valence-corrected chi connectivity index (χ1v) is 11.5. The van der Waals surface area contributed by atoms with Crippen LogP contribution >= 0.6 is 23.2 Å². The smallest absolute Gasteiger partial charge is 0.244 e. The highest BCUT2D eigenvalue weighted by Gasteiger charge is 2.30. The average Bonchev–Trinajstić information content (AvgIpc) is 2.61. The summed E-state index contributed by atoms with van der Waals surface area (Å²) < 4.78 is 27.3. The lowest BCUT2D eigenvalue weighted by Crippen LogP contribution is -2.48. The first-order chi connectivity index (χ1) is 13.1. The summed E-state index contributed by atoms with van der Waals surface area (Å²) in [6.07, 6.45) is 0. The summed E-state index contributed by atoms with van der Waals surface area (Å²) >= 11 is 12.0. The fourth-order valence-electron chi connectivity index (χ4n) is 3.32. The molecule has 4 nitrogen and oxygen atoms in total. The predicted octanol–water partition coefficient (Wildman–Crippen LogP) is 4.80. The minimum Gasteiger partial charge on any atom is -0.296 e. The zero-order valence-corrected chi connectivity index (χ0v) is 18.8. The third kappa shape index (κ3) is 4.89.